The van der Waals surface area contributed by atoms with Gasteiger partial charge in [-0.15, -0.1) is 0 Å². The predicted molar refractivity (Wildman–Crippen MR) is 78.6 cm³/mol. The van der Waals surface area contributed by atoms with Gasteiger partial charge in [0.15, 0.2) is 0 Å². The van der Waals surface area contributed by atoms with Gasteiger partial charge in [0.05, 0.1) is 12.7 Å². The van der Waals surface area contributed by atoms with Crippen molar-refractivity contribution in [3.8, 4) is 5.75 Å². The molecule has 0 spiro atoms. The van der Waals surface area contributed by atoms with E-state index in [-0.39, 0.29) is 6.10 Å². The van der Waals surface area contributed by atoms with Gasteiger partial charge in [0, 0.05) is 6.42 Å². The fraction of sp³-hybridized carbons (Fsp3) is 0.647. The maximum Gasteiger partial charge on any atom is 0.122 e. The molecule has 0 radical (unpaired) electrons. The van der Waals surface area contributed by atoms with Crippen LogP contribution in [0.4, 0.5) is 0 Å². The van der Waals surface area contributed by atoms with Crippen molar-refractivity contribution >= 4 is 0 Å². The summed E-state index contributed by atoms with van der Waals surface area (Å²) in [6, 6.07) is 6.25. The molecule has 1 N–H and O–H groups in total. The minimum absolute atomic E-state index is 0.189. The van der Waals surface area contributed by atoms with Gasteiger partial charge in [0.25, 0.3) is 0 Å². The lowest BCUT2D eigenvalue weighted by Gasteiger charge is -2.26. The summed E-state index contributed by atoms with van der Waals surface area (Å²) in [4.78, 5) is 0. The van der Waals surface area contributed by atoms with E-state index in [1.54, 1.807) is 0 Å². The van der Waals surface area contributed by atoms with Crippen molar-refractivity contribution < 1.29 is 9.84 Å². The standard InChI is InChI=1S/C17H26O2/c1-13-8-9-14(2)17(12-13)19-11-10-16(18)15-6-4-3-5-7-15/h8-9,12,15-16,18H,3-7,10-11H2,1-2H3. The molecule has 2 heteroatoms. The van der Waals surface area contributed by atoms with Crippen LogP contribution < -0.4 is 4.74 Å². The fourth-order valence-corrected chi connectivity index (χ4v) is 2.91. The second kappa shape index (κ2) is 6.95. The Labute approximate surface area is 116 Å². The summed E-state index contributed by atoms with van der Waals surface area (Å²) in [7, 11) is 0. The first-order valence-corrected chi connectivity index (χ1v) is 7.55. The van der Waals surface area contributed by atoms with Crippen molar-refractivity contribution in [3.05, 3.63) is 29.3 Å². The molecule has 1 fully saturated rings. The summed E-state index contributed by atoms with van der Waals surface area (Å²) in [5.74, 6) is 1.45. The zero-order chi connectivity index (χ0) is 13.7. The lowest BCUT2D eigenvalue weighted by atomic mass is 9.84. The lowest BCUT2D eigenvalue weighted by molar-refractivity contribution is 0.0640. The number of aliphatic hydroxyl groups excluding tert-OH is 1. The normalized spacial score (nSPS) is 18.3. The number of rotatable bonds is 5. The highest BCUT2D eigenvalue weighted by Crippen LogP contribution is 2.28. The van der Waals surface area contributed by atoms with Gasteiger partial charge in [-0.3, -0.25) is 0 Å². The van der Waals surface area contributed by atoms with Crippen molar-refractivity contribution in [2.75, 3.05) is 6.61 Å². The molecule has 1 atom stereocenters. The molecule has 0 aromatic heterocycles. The molecule has 1 aromatic rings. The first-order valence-electron chi connectivity index (χ1n) is 7.55. The molecule has 1 unspecified atom stereocenters. The molecular formula is C17H26O2. The van der Waals surface area contributed by atoms with Crippen LogP contribution in [-0.2, 0) is 0 Å². The van der Waals surface area contributed by atoms with Gasteiger partial charge in [-0.25, -0.2) is 0 Å². The number of benzene rings is 1. The summed E-state index contributed by atoms with van der Waals surface area (Å²) in [5, 5.41) is 10.2. The van der Waals surface area contributed by atoms with Crippen molar-refractivity contribution in [2.24, 2.45) is 5.92 Å². The summed E-state index contributed by atoms with van der Waals surface area (Å²) < 4.78 is 5.82. The first-order chi connectivity index (χ1) is 9.16. The molecule has 1 aromatic carbocycles. The molecule has 0 amide bonds. The molecule has 1 aliphatic rings. The number of ether oxygens (including phenoxy) is 1. The van der Waals surface area contributed by atoms with Crippen molar-refractivity contribution in [1.82, 2.24) is 0 Å². The van der Waals surface area contributed by atoms with Gasteiger partial charge in [-0.05, 0) is 49.8 Å². The van der Waals surface area contributed by atoms with E-state index >= 15 is 0 Å². The van der Waals surface area contributed by atoms with E-state index in [2.05, 4.69) is 32.0 Å². The quantitative estimate of drug-likeness (QED) is 0.868. The molecule has 2 rings (SSSR count). The fourth-order valence-electron chi connectivity index (χ4n) is 2.91. The van der Waals surface area contributed by atoms with Crippen LogP contribution in [0.2, 0.25) is 0 Å². The van der Waals surface area contributed by atoms with Gasteiger partial charge < -0.3 is 9.84 Å². The van der Waals surface area contributed by atoms with E-state index < -0.39 is 0 Å². The minimum atomic E-state index is -0.189. The largest absolute Gasteiger partial charge is 0.493 e. The number of hydrogen-bond donors (Lipinski definition) is 1. The van der Waals surface area contributed by atoms with E-state index in [4.69, 9.17) is 4.74 Å². The number of hydrogen-bond acceptors (Lipinski definition) is 2. The van der Waals surface area contributed by atoms with Crippen molar-refractivity contribution in [2.45, 2.75) is 58.5 Å². The zero-order valence-corrected chi connectivity index (χ0v) is 12.2. The predicted octanol–water partition coefficient (Wildman–Crippen LogP) is 4.01. The molecule has 0 bridgehead atoms. The Morgan fingerprint density at radius 3 is 2.68 bits per heavy atom. The summed E-state index contributed by atoms with van der Waals surface area (Å²) >= 11 is 0. The van der Waals surface area contributed by atoms with Crippen molar-refractivity contribution in [1.29, 1.82) is 0 Å². The van der Waals surface area contributed by atoms with Gasteiger partial charge in [-0.2, -0.15) is 0 Å². The zero-order valence-electron chi connectivity index (χ0n) is 12.2. The third-order valence-electron chi connectivity index (χ3n) is 4.21. The van der Waals surface area contributed by atoms with Crippen LogP contribution in [0.25, 0.3) is 0 Å². The Morgan fingerprint density at radius 1 is 1.21 bits per heavy atom. The van der Waals surface area contributed by atoms with Crippen LogP contribution in [-0.4, -0.2) is 17.8 Å². The maximum atomic E-state index is 10.2. The third-order valence-corrected chi connectivity index (χ3v) is 4.21. The van der Waals surface area contributed by atoms with E-state index in [0.717, 1.165) is 17.7 Å². The Bertz CT molecular complexity index is 394. The second-order valence-corrected chi connectivity index (χ2v) is 5.87. The first kappa shape index (κ1) is 14.4. The molecule has 0 saturated heterocycles. The highest BCUT2D eigenvalue weighted by molar-refractivity contribution is 5.35. The van der Waals surface area contributed by atoms with Gasteiger partial charge in [0.1, 0.15) is 5.75 Å². The second-order valence-electron chi connectivity index (χ2n) is 5.87. The molecule has 19 heavy (non-hydrogen) atoms. The number of aryl methyl sites for hydroxylation is 2. The lowest BCUT2D eigenvalue weighted by Crippen LogP contribution is -2.24. The monoisotopic (exact) mass is 262 g/mol. The molecule has 0 aliphatic heterocycles. The van der Waals surface area contributed by atoms with Gasteiger partial charge in [-0.1, -0.05) is 31.4 Å². The highest BCUT2D eigenvalue weighted by atomic mass is 16.5. The summed E-state index contributed by atoms with van der Waals surface area (Å²) in [6.45, 7) is 4.75. The van der Waals surface area contributed by atoms with E-state index in [1.807, 2.05) is 0 Å². The van der Waals surface area contributed by atoms with Crippen LogP contribution in [0.1, 0.15) is 49.7 Å². The third kappa shape index (κ3) is 4.24. The summed E-state index contributed by atoms with van der Waals surface area (Å²) in [6.07, 6.45) is 6.82. The van der Waals surface area contributed by atoms with Crippen LogP contribution in [0, 0.1) is 19.8 Å². The van der Waals surface area contributed by atoms with Gasteiger partial charge >= 0.3 is 0 Å². The molecule has 2 nitrogen and oxygen atoms in total. The Hall–Kier alpha value is -1.02. The Morgan fingerprint density at radius 2 is 1.95 bits per heavy atom. The molecular weight excluding hydrogens is 236 g/mol. The molecule has 106 valence electrons. The van der Waals surface area contributed by atoms with Crippen LogP contribution in [0.5, 0.6) is 5.75 Å². The topological polar surface area (TPSA) is 29.5 Å². The number of aliphatic hydroxyl groups is 1. The minimum Gasteiger partial charge on any atom is -0.493 e. The Kier molecular flexibility index (Phi) is 5.26. The van der Waals surface area contributed by atoms with Crippen LogP contribution in [0.3, 0.4) is 0 Å². The smallest absolute Gasteiger partial charge is 0.122 e. The highest BCUT2D eigenvalue weighted by Gasteiger charge is 2.21. The van der Waals surface area contributed by atoms with E-state index in [1.165, 1.54) is 37.7 Å². The van der Waals surface area contributed by atoms with Gasteiger partial charge in [0.2, 0.25) is 0 Å². The molecule has 0 heterocycles. The van der Waals surface area contributed by atoms with Crippen LogP contribution >= 0.6 is 0 Å². The maximum absolute atomic E-state index is 10.2. The van der Waals surface area contributed by atoms with E-state index in [0.29, 0.717) is 12.5 Å². The molecule has 1 aliphatic carbocycles. The SMILES string of the molecule is Cc1ccc(C)c(OCCC(O)C2CCCCC2)c1. The van der Waals surface area contributed by atoms with Crippen molar-refractivity contribution in [3.63, 3.8) is 0 Å². The Balaban J connectivity index is 1.77. The van der Waals surface area contributed by atoms with Crippen LogP contribution in [0.15, 0.2) is 18.2 Å². The van der Waals surface area contributed by atoms with E-state index in [9.17, 15) is 5.11 Å². The summed E-state index contributed by atoms with van der Waals surface area (Å²) in [5.41, 5.74) is 2.38. The average molecular weight is 262 g/mol. The molecule has 1 saturated carbocycles. The average Bonchev–Trinajstić information content (AvgIpc) is 2.43.